The van der Waals surface area contributed by atoms with Crippen molar-refractivity contribution in [3.8, 4) is 0 Å². The molecule has 0 saturated heterocycles. The average Bonchev–Trinajstić information content (AvgIpc) is 2.93. The van der Waals surface area contributed by atoms with Gasteiger partial charge in [-0.1, -0.05) is 35.3 Å². The van der Waals surface area contributed by atoms with Gasteiger partial charge in [-0.05, 0) is 36.8 Å². The Kier molecular flexibility index (Phi) is 5.91. The van der Waals surface area contributed by atoms with Crippen molar-refractivity contribution in [2.45, 2.75) is 19.4 Å². The summed E-state index contributed by atoms with van der Waals surface area (Å²) in [6.45, 7) is 1.46. The first-order valence-electron chi connectivity index (χ1n) is 8.70. The second-order valence-corrected chi connectivity index (χ2v) is 7.32. The van der Waals surface area contributed by atoms with Crippen molar-refractivity contribution in [2.75, 3.05) is 12.4 Å². The first kappa shape index (κ1) is 20.8. The summed E-state index contributed by atoms with van der Waals surface area (Å²) in [5, 5.41) is 5.51. The zero-order chi connectivity index (χ0) is 21.3. The van der Waals surface area contributed by atoms with Gasteiger partial charge in [0.25, 0.3) is 11.8 Å². The van der Waals surface area contributed by atoms with E-state index in [9.17, 15) is 19.2 Å². The summed E-state index contributed by atoms with van der Waals surface area (Å²) in [5.74, 6) is -1.86. The van der Waals surface area contributed by atoms with Crippen molar-refractivity contribution in [2.24, 2.45) is 0 Å². The Morgan fingerprint density at radius 1 is 1.00 bits per heavy atom. The van der Waals surface area contributed by atoms with Gasteiger partial charge in [-0.2, -0.15) is 0 Å². The van der Waals surface area contributed by atoms with Gasteiger partial charge in [0.2, 0.25) is 11.8 Å². The lowest BCUT2D eigenvalue weighted by atomic mass is 10.1. The molecule has 1 atom stereocenters. The van der Waals surface area contributed by atoms with Crippen LogP contribution in [-0.2, 0) is 16.0 Å². The number of carbonyl (C=O) groups excluding carboxylic acids is 4. The lowest BCUT2D eigenvalue weighted by molar-refractivity contribution is -0.120. The molecule has 0 aromatic heterocycles. The van der Waals surface area contributed by atoms with E-state index in [2.05, 4.69) is 10.6 Å². The molecule has 150 valence electrons. The summed E-state index contributed by atoms with van der Waals surface area (Å²) in [4.78, 5) is 50.2. The fourth-order valence-electron chi connectivity index (χ4n) is 2.95. The number of rotatable bonds is 5. The van der Waals surface area contributed by atoms with Crippen LogP contribution in [0.4, 0.5) is 5.69 Å². The minimum atomic E-state index is -1.05. The largest absolute Gasteiger partial charge is 0.359 e. The molecule has 0 saturated carbocycles. The van der Waals surface area contributed by atoms with E-state index < -0.39 is 23.8 Å². The molecule has 0 spiro atoms. The van der Waals surface area contributed by atoms with E-state index in [0.717, 1.165) is 10.5 Å². The number of amides is 4. The molecular weight excluding hydrogens is 417 g/mol. The van der Waals surface area contributed by atoms with Crippen LogP contribution in [0.3, 0.4) is 0 Å². The Bertz CT molecular complexity index is 980. The van der Waals surface area contributed by atoms with Crippen molar-refractivity contribution >= 4 is 52.5 Å². The summed E-state index contributed by atoms with van der Waals surface area (Å²) in [6.07, 6.45) is 0.224. The Morgan fingerprint density at radius 2 is 1.52 bits per heavy atom. The monoisotopic (exact) mass is 433 g/mol. The third-order valence-electron chi connectivity index (χ3n) is 4.59. The molecule has 2 aromatic carbocycles. The Morgan fingerprint density at radius 3 is 2.00 bits per heavy atom. The second kappa shape index (κ2) is 8.23. The van der Waals surface area contributed by atoms with Gasteiger partial charge in [0.05, 0.1) is 27.6 Å². The maximum absolute atomic E-state index is 12.6. The van der Waals surface area contributed by atoms with Gasteiger partial charge in [0.15, 0.2) is 0 Å². The van der Waals surface area contributed by atoms with Crippen molar-refractivity contribution in [1.29, 1.82) is 0 Å². The number of imide groups is 1. The predicted octanol–water partition coefficient (Wildman–Crippen LogP) is 2.91. The highest BCUT2D eigenvalue weighted by Gasteiger charge is 2.41. The minimum absolute atomic E-state index is 0.114. The zero-order valence-electron chi connectivity index (χ0n) is 15.6. The second-order valence-electron chi connectivity index (χ2n) is 6.50. The molecule has 1 aliphatic rings. The number of carbonyl (C=O) groups is 4. The summed E-state index contributed by atoms with van der Waals surface area (Å²) in [6, 6.07) is 8.31. The molecule has 0 fully saturated rings. The van der Waals surface area contributed by atoms with Crippen molar-refractivity contribution in [3.63, 3.8) is 0 Å². The third kappa shape index (κ3) is 4.11. The maximum Gasteiger partial charge on any atom is 0.262 e. The smallest absolute Gasteiger partial charge is 0.262 e. The SMILES string of the molecule is CNC(=O)Cc1ccc(NC(=O)C(C)N2C(=O)c3cc(Cl)c(Cl)cc3C2=O)cc1. The van der Waals surface area contributed by atoms with Gasteiger partial charge in [-0.15, -0.1) is 0 Å². The number of likely N-dealkylation sites (N-methyl/N-ethyl adjacent to an activating group) is 1. The van der Waals surface area contributed by atoms with E-state index in [4.69, 9.17) is 23.2 Å². The van der Waals surface area contributed by atoms with Gasteiger partial charge < -0.3 is 10.6 Å². The third-order valence-corrected chi connectivity index (χ3v) is 5.31. The van der Waals surface area contributed by atoms with E-state index in [-0.39, 0.29) is 33.5 Å². The quantitative estimate of drug-likeness (QED) is 0.708. The first-order valence-corrected chi connectivity index (χ1v) is 9.46. The molecular formula is C20H17Cl2N3O4. The fraction of sp³-hybridized carbons (Fsp3) is 0.200. The van der Waals surface area contributed by atoms with Gasteiger partial charge >= 0.3 is 0 Å². The summed E-state index contributed by atoms with van der Waals surface area (Å²) in [7, 11) is 1.55. The van der Waals surface area contributed by atoms with E-state index in [1.165, 1.54) is 19.1 Å². The number of fused-ring (bicyclic) bond motifs is 1. The molecule has 9 heteroatoms. The fourth-order valence-corrected chi connectivity index (χ4v) is 3.28. The van der Waals surface area contributed by atoms with E-state index in [0.29, 0.717) is 5.69 Å². The van der Waals surface area contributed by atoms with Crippen LogP contribution in [0.25, 0.3) is 0 Å². The molecule has 0 radical (unpaired) electrons. The Hall–Kier alpha value is -2.90. The van der Waals surface area contributed by atoms with Crippen molar-refractivity contribution < 1.29 is 19.2 Å². The van der Waals surface area contributed by atoms with E-state index in [1.807, 2.05) is 0 Å². The molecule has 7 nitrogen and oxygen atoms in total. The predicted molar refractivity (Wildman–Crippen MR) is 109 cm³/mol. The van der Waals surface area contributed by atoms with Gasteiger partial charge in [-0.25, -0.2) is 0 Å². The van der Waals surface area contributed by atoms with Crippen LogP contribution in [0.1, 0.15) is 33.2 Å². The molecule has 2 aromatic rings. The molecule has 2 N–H and O–H groups in total. The highest BCUT2D eigenvalue weighted by atomic mass is 35.5. The summed E-state index contributed by atoms with van der Waals surface area (Å²) >= 11 is 11.9. The number of hydrogen-bond acceptors (Lipinski definition) is 4. The number of benzene rings is 2. The number of halogens is 2. The number of anilines is 1. The Labute approximate surface area is 177 Å². The maximum atomic E-state index is 12.6. The van der Waals surface area contributed by atoms with Gasteiger partial charge in [0.1, 0.15) is 6.04 Å². The standard InChI is InChI=1S/C20H17Cl2N3O4/c1-10(18(27)24-12-5-3-11(4-6-12)7-17(26)23-2)25-19(28)13-8-15(21)16(22)9-14(13)20(25)29/h3-6,8-10H,7H2,1-2H3,(H,23,26)(H,24,27). The topological polar surface area (TPSA) is 95.6 Å². The van der Waals surface area contributed by atoms with Crippen LogP contribution in [0.2, 0.25) is 10.0 Å². The molecule has 1 heterocycles. The van der Waals surface area contributed by atoms with Crippen LogP contribution in [0, 0.1) is 0 Å². The molecule has 0 aliphatic carbocycles. The van der Waals surface area contributed by atoms with Crippen LogP contribution in [-0.4, -0.2) is 41.6 Å². The number of nitrogens with one attached hydrogen (secondary N) is 2. The summed E-state index contributed by atoms with van der Waals surface area (Å²) < 4.78 is 0. The lowest BCUT2D eigenvalue weighted by Crippen LogP contribution is -2.45. The lowest BCUT2D eigenvalue weighted by Gasteiger charge is -2.21. The molecule has 1 aliphatic heterocycles. The minimum Gasteiger partial charge on any atom is -0.359 e. The van der Waals surface area contributed by atoms with Crippen LogP contribution < -0.4 is 10.6 Å². The van der Waals surface area contributed by atoms with E-state index in [1.54, 1.807) is 31.3 Å². The first-order chi connectivity index (χ1) is 13.7. The molecule has 3 rings (SSSR count). The van der Waals surface area contributed by atoms with Crippen LogP contribution in [0.5, 0.6) is 0 Å². The number of hydrogen-bond donors (Lipinski definition) is 2. The summed E-state index contributed by atoms with van der Waals surface area (Å²) in [5.41, 5.74) is 1.49. The van der Waals surface area contributed by atoms with E-state index >= 15 is 0 Å². The highest BCUT2D eigenvalue weighted by Crippen LogP contribution is 2.32. The molecule has 4 amide bonds. The van der Waals surface area contributed by atoms with Gasteiger partial charge in [0, 0.05) is 12.7 Å². The van der Waals surface area contributed by atoms with Gasteiger partial charge in [-0.3, -0.25) is 24.1 Å². The normalized spacial score (nSPS) is 13.9. The zero-order valence-corrected chi connectivity index (χ0v) is 17.1. The van der Waals surface area contributed by atoms with Crippen LogP contribution >= 0.6 is 23.2 Å². The average molecular weight is 434 g/mol. The molecule has 0 bridgehead atoms. The van der Waals surface area contributed by atoms with Crippen molar-refractivity contribution in [3.05, 3.63) is 63.1 Å². The van der Waals surface area contributed by atoms with Crippen molar-refractivity contribution in [1.82, 2.24) is 10.2 Å². The Balaban J connectivity index is 1.73. The molecule has 29 heavy (non-hydrogen) atoms. The highest BCUT2D eigenvalue weighted by molar-refractivity contribution is 6.43. The number of nitrogens with zero attached hydrogens (tertiary/aromatic N) is 1. The molecule has 1 unspecified atom stereocenters. The van der Waals surface area contributed by atoms with Crippen LogP contribution in [0.15, 0.2) is 36.4 Å².